The average Bonchev–Trinajstić information content (AvgIpc) is 2.46. The number of nitrogens with two attached hydrogens (primary N) is 1. The van der Waals surface area contributed by atoms with Crippen molar-refractivity contribution < 1.29 is 4.79 Å². The van der Waals surface area contributed by atoms with Gasteiger partial charge < -0.3 is 15.5 Å². The molecular formula is C17H27N3O. The van der Waals surface area contributed by atoms with Gasteiger partial charge >= 0.3 is 0 Å². The second-order valence-corrected chi connectivity index (χ2v) is 6.39. The lowest BCUT2D eigenvalue weighted by molar-refractivity contribution is -0.133. The Morgan fingerprint density at radius 2 is 1.90 bits per heavy atom. The highest BCUT2D eigenvalue weighted by molar-refractivity contribution is 5.82. The molecule has 0 radical (unpaired) electrons. The van der Waals surface area contributed by atoms with Crippen molar-refractivity contribution in [3.63, 3.8) is 0 Å². The summed E-state index contributed by atoms with van der Waals surface area (Å²) in [5.74, 6) is 0.560. The van der Waals surface area contributed by atoms with Gasteiger partial charge in [0.25, 0.3) is 0 Å². The molecule has 4 nitrogen and oxygen atoms in total. The summed E-state index contributed by atoms with van der Waals surface area (Å²) in [5.41, 5.74) is 8.52. The molecule has 4 heteroatoms. The predicted molar refractivity (Wildman–Crippen MR) is 87.4 cm³/mol. The Hall–Kier alpha value is -1.55. The molecule has 0 aromatic heterocycles. The van der Waals surface area contributed by atoms with Crippen molar-refractivity contribution >= 4 is 11.6 Å². The van der Waals surface area contributed by atoms with E-state index in [2.05, 4.69) is 49.9 Å². The standard InChI is InChI=1S/C17H27N3O/c1-13(2)11-16(18)17(21)20-9-7-19(8-10-20)15-6-4-5-14(3)12-15/h4-6,12-13,16H,7-11,18H2,1-3H3/t16-/m0/s1. The number of piperazine rings is 1. The maximum Gasteiger partial charge on any atom is 0.239 e. The van der Waals surface area contributed by atoms with Crippen molar-refractivity contribution in [3.05, 3.63) is 29.8 Å². The first kappa shape index (κ1) is 15.8. The molecule has 1 aromatic carbocycles. The fourth-order valence-corrected chi connectivity index (χ4v) is 2.85. The topological polar surface area (TPSA) is 49.6 Å². The molecular weight excluding hydrogens is 262 g/mol. The number of rotatable bonds is 4. The zero-order valence-corrected chi connectivity index (χ0v) is 13.4. The van der Waals surface area contributed by atoms with Gasteiger partial charge in [0.1, 0.15) is 0 Å². The van der Waals surface area contributed by atoms with E-state index >= 15 is 0 Å². The molecule has 1 amide bonds. The molecule has 1 heterocycles. The molecule has 116 valence electrons. The third-order valence-corrected chi connectivity index (χ3v) is 4.00. The molecule has 0 bridgehead atoms. The van der Waals surface area contributed by atoms with E-state index in [-0.39, 0.29) is 11.9 Å². The number of carbonyl (C=O) groups excluding carboxylic acids is 1. The molecule has 0 spiro atoms. The van der Waals surface area contributed by atoms with Crippen LogP contribution >= 0.6 is 0 Å². The molecule has 0 unspecified atom stereocenters. The number of hydrogen-bond donors (Lipinski definition) is 1. The van der Waals surface area contributed by atoms with Crippen LogP contribution in [-0.2, 0) is 4.79 Å². The largest absolute Gasteiger partial charge is 0.368 e. The lowest BCUT2D eigenvalue weighted by Crippen LogP contribution is -2.53. The van der Waals surface area contributed by atoms with E-state index in [9.17, 15) is 4.79 Å². The summed E-state index contributed by atoms with van der Waals surface area (Å²) < 4.78 is 0. The quantitative estimate of drug-likeness (QED) is 0.922. The highest BCUT2D eigenvalue weighted by Gasteiger charge is 2.25. The Bertz CT molecular complexity index is 479. The number of nitrogens with zero attached hydrogens (tertiary/aromatic N) is 2. The maximum atomic E-state index is 12.3. The summed E-state index contributed by atoms with van der Waals surface area (Å²) in [4.78, 5) is 16.6. The van der Waals surface area contributed by atoms with Crippen LogP contribution in [0.4, 0.5) is 5.69 Å². The Morgan fingerprint density at radius 3 is 2.48 bits per heavy atom. The summed E-state index contributed by atoms with van der Waals surface area (Å²) in [6, 6.07) is 8.17. The summed E-state index contributed by atoms with van der Waals surface area (Å²) >= 11 is 0. The van der Waals surface area contributed by atoms with Crippen molar-refractivity contribution in [1.82, 2.24) is 4.90 Å². The van der Waals surface area contributed by atoms with Gasteiger partial charge in [-0.3, -0.25) is 4.79 Å². The molecule has 1 aromatic rings. The zero-order valence-electron chi connectivity index (χ0n) is 13.4. The molecule has 1 atom stereocenters. The van der Waals surface area contributed by atoms with Gasteiger partial charge in [-0.1, -0.05) is 26.0 Å². The molecule has 21 heavy (non-hydrogen) atoms. The highest BCUT2D eigenvalue weighted by atomic mass is 16.2. The molecule has 1 saturated heterocycles. The Morgan fingerprint density at radius 1 is 1.24 bits per heavy atom. The summed E-state index contributed by atoms with van der Waals surface area (Å²) in [5, 5.41) is 0. The van der Waals surface area contributed by atoms with Gasteiger partial charge in [-0.2, -0.15) is 0 Å². The molecule has 1 aliphatic rings. The molecule has 2 rings (SSSR count). The van der Waals surface area contributed by atoms with Gasteiger partial charge in [0.2, 0.25) is 5.91 Å². The first-order chi connectivity index (χ1) is 9.97. The van der Waals surface area contributed by atoms with Gasteiger partial charge in [0, 0.05) is 31.9 Å². The zero-order chi connectivity index (χ0) is 15.4. The van der Waals surface area contributed by atoms with Crippen LogP contribution in [0.25, 0.3) is 0 Å². The Labute approximate surface area is 127 Å². The van der Waals surface area contributed by atoms with E-state index in [0.29, 0.717) is 5.92 Å². The van der Waals surface area contributed by atoms with E-state index in [0.717, 1.165) is 32.6 Å². The van der Waals surface area contributed by atoms with E-state index in [1.54, 1.807) is 0 Å². The van der Waals surface area contributed by atoms with Crippen LogP contribution in [0.1, 0.15) is 25.8 Å². The number of amides is 1. The second kappa shape index (κ2) is 6.94. The van der Waals surface area contributed by atoms with Crippen molar-refractivity contribution in [1.29, 1.82) is 0 Å². The third kappa shape index (κ3) is 4.21. The third-order valence-electron chi connectivity index (χ3n) is 4.00. The first-order valence-electron chi connectivity index (χ1n) is 7.83. The predicted octanol–water partition coefficient (Wildman–Crippen LogP) is 2.02. The number of anilines is 1. The van der Waals surface area contributed by atoms with Crippen LogP contribution in [-0.4, -0.2) is 43.0 Å². The monoisotopic (exact) mass is 289 g/mol. The van der Waals surface area contributed by atoms with Crippen molar-refractivity contribution in [2.75, 3.05) is 31.1 Å². The summed E-state index contributed by atoms with van der Waals surface area (Å²) in [6.45, 7) is 9.59. The minimum atomic E-state index is -0.351. The maximum absolute atomic E-state index is 12.3. The highest BCUT2D eigenvalue weighted by Crippen LogP contribution is 2.18. The Balaban J connectivity index is 1.89. The van der Waals surface area contributed by atoms with E-state index < -0.39 is 0 Å². The van der Waals surface area contributed by atoms with E-state index in [1.807, 2.05) is 4.90 Å². The average molecular weight is 289 g/mol. The van der Waals surface area contributed by atoms with Gasteiger partial charge in [-0.05, 0) is 37.0 Å². The van der Waals surface area contributed by atoms with Crippen molar-refractivity contribution in [3.8, 4) is 0 Å². The van der Waals surface area contributed by atoms with Crippen LogP contribution < -0.4 is 10.6 Å². The Kier molecular flexibility index (Phi) is 5.23. The van der Waals surface area contributed by atoms with Crippen molar-refractivity contribution in [2.24, 2.45) is 11.7 Å². The van der Waals surface area contributed by atoms with Gasteiger partial charge in [-0.25, -0.2) is 0 Å². The fraction of sp³-hybridized carbons (Fsp3) is 0.588. The smallest absolute Gasteiger partial charge is 0.239 e. The number of hydrogen-bond acceptors (Lipinski definition) is 3. The van der Waals surface area contributed by atoms with Crippen LogP contribution in [0.3, 0.4) is 0 Å². The first-order valence-corrected chi connectivity index (χ1v) is 7.83. The second-order valence-electron chi connectivity index (χ2n) is 6.39. The van der Waals surface area contributed by atoms with Crippen LogP contribution in [0.5, 0.6) is 0 Å². The minimum absolute atomic E-state index is 0.104. The summed E-state index contributed by atoms with van der Waals surface area (Å²) in [7, 11) is 0. The van der Waals surface area contributed by atoms with E-state index in [1.165, 1.54) is 11.3 Å². The van der Waals surface area contributed by atoms with Gasteiger partial charge in [-0.15, -0.1) is 0 Å². The normalized spacial score (nSPS) is 17.2. The van der Waals surface area contributed by atoms with Gasteiger partial charge in [0.05, 0.1) is 6.04 Å². The van der Waals surface area contributed by atoms with Crippen LogP contribution in [0.15, 0.2) is 24.3 Å². The lowest BCUT2D eigenvalue weighted by atomic mass is 10.0. The van der Waals surface area contributed by atoms with Gasteiger partial charge in [0.15, 0.2) is 0 Å². The van der Waals surface area contributed by atoms with E-state index in [4.69, 9.17) is 5.73 Å². The number of aryl methyl sites for hydroxylation is 1. The minimum Gasteiger partial charge on any atom is -0.368 e. The molecule has 0 aliphatic carbocycles. The SMILES string of the molecule is Cc1cccc(N2CCN(C(=O)[C@@H](N)CC(C)C)CC2)c1. The van der Waals surface area contributed by atoms with Crippen LogP contribution in [0, 0.1) is 12.8 Å². The number of benzene rings is 1. The molecule has 1 fully saturated rings. The molecule has 2 N–H and O–H groups in total. The van der Waals surface area contributed by atoms with Crippen LogP contribution in [0.2, 0.25) is 0 Å². The molecule has 0 saturated carbocycles. The fourth-order valence-electron chi connectivity index (χ4n) is 2.85. The van der Waals surface area contributed by atoms with Crippen molar-refractivity contribution in [2.45, 2.75) is 33.2 Å². The number of carbonyl (C=O) groups is 1. The molecule has 1 aliphatic heterocycles. The lowest BCUT2D eigenvalue weighted by Gasteiger charge is -2.37. The summed E-state index contributed by atoms with van der Waals surface area (Å²) in [6.07, 6.45) is 0.761.